The van der Waals surface area contributed by atoms with E-state index in [9.17, 15) is 13.9 Å². The average molecular weight is 280 g/mol. The maximum Gasteiger partial charge on any atom is 0.126 e. The van der Waals surface area contributed by atoms with Gasteiger partial charge in [0.15, 0.2) is 0 Å². The van der Waals surface area contributed by atoms with Crippen molar-refractivity contribution in [3.63, 3.8) is 0 Å². The molecule has 0 aromatic heterocycles. The average Bonchev–Trinajstić information content (AvgIpc) is 2.41. The van der Waals surface area contributed by atoms with Gasteiger partial charge in [-0.1, -0.05) is 12.1 Å². The fourth-order valence-corrected chi connectivity index (χ4v) is 2.49. The minimum atomic E-state index is -0.745. The van der Waals surface area contributed by atoms with Crippen molar-refractivity contribution in [2.24, 2.45) is 0 Å². The summed E-state index contributed by atoms with van der Waals surface area (Å²) < 4.78 is 26.1. The van der Waals surface area contributed by atoms with Gasteiger partial charge < -0.3 is 5.11 Å². The summed E-state index contributed by atoms with van der Waals surface area (Å²) in [5.74, 6) is -0.206. The zero-order valence-corrected chi connectivity index (χ0v) is 11.3. The van der Waals surface area contributed by atoms with Gasteiger partial charge in [0.1, 0.15) is 11.6 Å². The Hall–Kier alpha value is -1.39. The molecular weight excluding hydrogens is 266 g/mol. The number of aliphatic hydroxyl groups is 1. The van der Waals surface area contributed by atoms with Crippen LogP contribution in [0.25, 0.3) is 0 Å². The first kappa shape index (κ1) is 14.0. The van der Waals surface area contributed by atoms with Crippen molar-refractivity contribution in [3.8, 4) is 0 Å². The Morgan fingerprint density at radius 3 is 2.42 bits per heavy atom. The number of rotatable bonds is 4. The van der Waals surface area contributed by atoms with Crippen LogP contribution in [-0.4, -0.2) is 10.9 Å². The summed E-state index contributed by atoms with van der Waals surface area (Å²) in [5, 5.41) is 9.99. The number of hydrogen-bond acceptors (Lipinski definition) is 2. The molecule has 0 aliphatic rings. The summed E-state index contributed by atoms with van der Waals surface area (Å²) in [6.07, 6.45) is -0.745. The molecule has 1 nitrogen and oxygen atoms in total. The van der Waals surface area contributed by atoms with Gasteiger partial charge in [0.25, 0.3) is 0 Å². The molecule has 0 spiro atoms. The molecule has 19 heavy (non-hydrogen) atoms. The van der Waals surface area contributed by atoms with Crippen molar-refractivity contribution >= 4 is 11.8 Å². The Kier molecular flexibility index (Phi) is 4.56. The largest absolute Gasteiger partial charge is 0.388 e. The molecule has 0 saturated carbocycles. The van der Waals surface area contributed by atoms with Crippen molar-refractivity contribution < 1.29 is 13.9 Å². The van der Waals surface area contributed by atoms with Crippen LogP contribution in [0.5, 0.6) is 0 Å². The van der Waals surface area contributed by atoms with Crippen LogP contribution in [0.1, 0.15) is 17.2 Å². The van der Waals surface area contributed by atoms with E-state index in [1.807, 2.05) is 0 Å². The van der Waals surface area contributed by atoms with Gasteiger partial charge in [0.2, 0.25) is 0 Å². The molecule has 2 rings (SSSR count). The highest BCUT2D eigenvalue weighted by molar-refractivity contribution is 7.99. The van der Waals surface area contributed by atoms with Gasteiger partial charge in [-0.05, 0) is 48.4 Å². The van der Waals surface area contributed by atoms with E-state index in [2.05, 4.69) is 0 Å². The fourth-order valence-electron chi connectivity index (χ4n) is 1.62. The molecular formula is C15H14F2OS. The van der Waals surface area contributed by atoms with Crippen molar-refractivity contribution in [2.75, 3.05) is 5.75 Å². The summed E-state index contributed by atoms with van der Waals surface area (Å²) in [5.41, 5.74) is 1.11. The van der Waals surface area contributed by atoms with Crippen LogP contribution in [0, 0.1) is 18.6 Å². The van der Waals surface area contributed by atoms with Crippen molar-refractivity contribution in [2.45, 2.75) is 17.9 Å². The molecule has 0 aliphatic heterocycles. The van der Waals surface area contributed by atoms with Crippen LogP contribution >= 0.6 is 11.8 Å². The minimum absolute atomic E-state index is 0.287. The number of benzene rings is 2. The molecule has 4 heteroatoms. The summed E-state index contributed by atoms with van der Waals surface area (Å²) in [4.78, 5) is 0.869. The molecule has 0 amide bonds. The van der Waals surface area contributed by atoms with Crippen molar-refractivity contribution in [1.82, 2.24) is 0 Å². The van der Waals surface area contributed by atoms with Gasteiger partial charge in [-0.2, -0.15) is 0 Å². The molecule has 0 radical (unpaired) electrons. The lowest BCUT2D eigenvalue weighted by Gasteiger charge is -2.11. The first-order valence-corrected chi connectivity index (χ1v) is 6.87. The van der Waals surface area contributed by atoms with E-state index in [-0.39, 0.29) is 11.6 Å². The first-order chi connectivity index (χ1) is 9.06. The van der Waals surface area contributed by atoms with E-state index in [1.54, 1.807) is 31.2 Å². The lowest BCUT2D eigenvalue weighted by Crippen LogP contribution is -2.01. The van der Waals surface area contributed by atoms with Gasteiger partial charge >= 0.3 is 0 Å². The second-order valence-corrected chi connectivity index (χ2v) is 5.38. The van der Waals surface area contributed by atoms with Crippen LogP contribution in [0.3, 0.4) is 0 Å². The fraction of sp³-hybridized carbons (Fsp3) is 0.200. The lowest BCUT2D eigenvalue weighted by molar-refractivity contribution is 0.203. The second-order valence-electron chi connectivity index (χ2n) is 4.29. The Labute approximate surface area is 115 Å². The van der Waals surface area contributed by atoms with Crippen LogP contribution in [0.4, 0.5) is 8.78 Å². The van der Waals surface area contributed by atoms with Crippen LogP contribution in [0.15, 0.2) is 47.4 Å². The standard InChI is InChI=1S/C15H14F2OS/c1-10-2-3-11(8-14(10)17)15(18)9-19-13-6-4-12(16)5-7-13/h2-8,15,18H,9H2,1H3. The number of aryl methyl sites for hydroxylation is 1. The highest BCUT2D eigenvalue weighted by Crippen LogP contribution is 2.25. The van der Waals surface area contributed by atoms with E-state index in [0.717, 1.165) is 4.90 Å². The Balaban J connectivity index is 1.98. The zero-order chi connectivity index (χ0) is 13.8. The molecule has 2 aromatic carbocycles. The molecule has 1 N–H and O–H groups in total. The molecule has 0 saturated heterocycles. The number of thioether (sulfide) groups is 1. The van der Waals surface area contributed by atoms with Crippen molar-refractivity contribution in [3.05, 3.63) is 65.2 Å². The number of aliphatic hydroxyl groups excluding tert-OH is 1. The van der Waals surface area contributed by atoms with Gasteiger partial charge in [-0.15, -0.1) is 11.8 Å². The predicted octanol–water partition coefficient (Wildman–Crippen LogP) is 4.10. The Morgan fingerprint density at radius 1 is 1.11 bits per heavy atom. The van der Waals surface area contributed by atoms with E-state index < -0.39 is 6.10 Å². The Morgan fingerprint density at radius 2 is 1.79 bits per heavy atom. The Bertz CT molecular complexity index is 555. The van der Waals surface area contributed by atoms with Crippen molar-refractivity contribution in [1.29, 1.82) is 0 Å². The lowest BCUT2D eigenvalue weighted by atomic mass is 10.1. The molecule has 0 heterocycles. The summed E-state index contributed by atoms with van der Waals surface area (Å²) in [6, 6.07) is 10.8. The van der Waals surface area contributed by atoms with Gasteiger partial charge in [-0.25, -0.2) is 8.78 Å². The number of hydrogen-bond donors (Lipinski definition) is 1. The minimum Gasteiger partial charge on any atom is -0.388 e. The normalized spacial score (nSPS) is 12.4. The zero-order valence-electron chi connectivity index (χ0n) is 10.4. The molecule has 0 fully saturated rings. The highest BCUT2D eigenvalue weighted by atomic mass is 32.2. The third-order valence-corrected chi connectivity index (χ3v) is 3.89. The second kappa shape index (κ2) is 6.17. The van der Waals surface area contributed by atoms with Crippen LogP contribution < -0.4 is 0 Å². The van der Waals surface area contributed by atoms with E-state index >= 15 is 0 Å². The first-order valence-electron chi connectivity index (χ1n) is 5.89. The van der Waals surface area contributed by atoms with E-state index in [0.29, 0.717) is 16.9 Å². The van der Waals surface area contributed by atoms with Crippen LogP contribution in [0.2, 0.25) is 0 Å². The maximum atomic E-state index is 13.4. The quantitative estimate of drug-likeness (QED) is 0.851. The summed E-state index contributed by atoms with van der Waals surface area (Å²) in [6.45, 7) is 1.68. The predicted molar refractivity (Wildman–Crippen MR) is 73.2 cm³/mol. The van der Waals surface area contributed by atoms with E-state index in [1.165, 1.54) is 30.0 Å². The van der Waals surface area contributed by atoms with E-state index in [4.69, 9.17) is 0 Å². The topological polar surface area (TPSA) is 20.2 Å². The third-order valence-electron chi connectivity index (χ3n) is 2.80. The third kappa shape index (κ3) is 3.78. The van der Waals surface area contributed by atoms with Gasteiger partial charge in [0, 0.05) is 10.6 Å². The molecule has 100 valence electrons. The van der Waals surface area contributed by atoms with Crippen LogP contribution in [-0.2, 0) is 0 Å². The van der Waals surface area contributed by atoms with Gasteiger partial charge in [0.05, 0.1) is 6.10 Å². The monoisotopic (exact) mass is 280 g/mol. The molecule has 2 aromatic rings. The SMILES string of the molecule is Cc1ccc(C(O)CSc2ccc(F)cc2)cc1F. The van der Waals surface area contributed by atoms with Gasteiger partial charge in [-0.3, -0.25) is 0 Å². The number of halogens is 2. The maximum absolute atomic E-state index is 13.4. The highest BCUT2D eigenvalue weighted by Gasteiger charge is 2.10. The molecule has 1 unspecified atom stereocenters. The summed E-state index contributed by atoms with van der Waals surface area (Å²) in [7, 11) is 0. The molecule has 1 atom stereocenters. The molecule has 0 bridgehead atoms. The molecule has 0 aliphatic carbocycles. The summed E-state index contributed by atoms with van der Waals surface area (Å²) >= 11 is 1.40. The smallest absolute Gasteiger partial charge is 0.126 e.